The van der Waals surface area contributed by atoms with Gasteiger partial charge in [0.1, 0.15) is 11.3 Å². The van der Waals surface area contributed by atoms with Crippen LogP contribution in [0.4, 0.5) is 0 Å². The van der Waals surface area contributed by atoms with Gasteiger partial charge in [-0.2, -0.15) is 0 Å². The van der Waals surface area contributed by atoms with Crippen LogP contribution in [0.1, 0.15) is 30.1 Å². The quantitative estimate of drug-likeness (QED) is 0.676. The lowest BCUT2D eigenvalue weighted by Gasteiger charge is -2.10. The molecule has 0 atom stereocenters. The first-order valence-corrected chi connectivity index (χ1v) is 8.71. The molecule has 0 spiro atoms. The SMILES string of the molecule is CCCOC(=O)CCNC(=O)c1cccnc1Oc1ccc(Br)cc1. The number of benzene rings is 1. The van der Waals surface area contributed by atoms with Crippen LogP contribution >= 0.6 is 15.9 Å². The maximum absolute atomic E-state index is 12.3. The van der Waals surface area contributed by atoms with Crippen molar-refractivity contribution in [3.05, 3.63) is 52.6 Å². The number of ether oxygens (including phenoxy) is 2. The molecular formula is C18H19BrN2O4. The van der Waals surface area contributed by atoms with Crippen molar-refractivity contribution in [3.63, 3.8) is 0 Å². The van der Waals surface area contributed by atoms with Crippen molar-refractivity contribution in [1.82, 2.24) is 10.3 Å². The fourth-order valence-corrected chi connectivity index (χ4v) is 2.18. The second kappa shape index (κ2) is 9.78. The Morgan fingerprint density at radius 2 is 1.96 bits per heavy atom. The summed E-state index contributed by atoms with van der Waals surface area (Å²) < 4.78 is 11.6. The van der Waals surface area contributed by atoms with E-state index < -0.39 is 0 Å². The molecule has 1 amide bonds. The number of pyridine rings is 1. The maximum Gasteiger partial charge on any atom is 0.307 e. The lowest BCUT2D eigenvalue weighted by molar-refractivity contribution is -0.143. The van der Waals surface area contributed by atoms with Gasteiger partial charge in [-0.25, -0.2) is 4.98 Å². The first-order chi connectivity index (χ1) is 12.1. The lowest BCUT2D eigenvalue weighted by atomic mass is 10.2. The molecule has 132 valence electrons. The third-order valence-electron chi connectivity index (χ3n) is 3.13. The molecule has 0 aliphatic rings. The number of hydrogen-bond acceptors (Lipinski definition) is 5. The molecule has 6 nitrogen and oxygen atoms in total. The van der Waals surface area contributed by atoms with E-state index in [0.29, 0.717) is 17.9 Å². The van der Waals surface area contributed by atoms with Crippen molar-refractivity contribution in [1.29, 1.82) is 0 Å². The predicted molar refractivity (Wildman–Crippen MR) is 96.7 cm³/mol. The van der Waals surface area contributed by atoms with E-state index >= 15 is 0 Å². The van der Waals surface area contributed by atoms with Crippen LogP contribution in [0.3, 0.4) is 0 Å². The summed E-state index contributed by atoms with van der Waals surface area (Å²) in [5.41, 5.74) is 0.298. The molecule has 0 bridgehead atoms. The van der Waals surface area contributed by atoms with Crippen molar-refractivity contribution in [2.45, 2.75) is 19.8 Å². The molecule has 25 heavy (non-hydrogen) atoms. The van der Waals surface area contributed by atoms with Crippen LogP contribution in [0.25, 0.3) is 0 Å². The fraction of sp³-hybridized carbons (Fsp3) is 0.278. The first-order valence-electron chi connectivity index (χ1n) is 7.92. The lowest BCUT2D eigenvalue weighted by Crippen LogP contribution is -2.27. The Labute approximate surface area is 154 Å². The number of carbonyl (C=O) groups excluding carboxylic acids is 2. The van der Waals surface area contributed by atoms with Gasteiger partial charge in [0.15, 0.2) is 0 Å². The summed E-state index contributed by atoms with van der Waals surface area (Å²) in [7, 11) is 0. The molecule has 0 saturated carbocycles. The average Bonchev–Trinajstić information content (AvgIpc) is 2.62. The van der Waals surface area contributed by atoms with Crippen LogP contribution in [0.15, 0.2) is 47.1 Å². The summed E-state index contributed by atoms with van der Waals surface area (Å²) >= 11 is 3.35. The topological polar surface area (TPSA) is 77.5 Å². The maximum atomic E-state index is 12.3. The number of halogens is 1. The van der Waals surface area contributed by atoms with Gasteiger partial charge in [-0.1, -0.05) is 22.9 Å². The zero-order chi connectivity index (χ0) is 18.1. The van der Waals surface area contributed by atoms with E-state index in [-0.39, 0.29) is 30.7 Å². The third kappa shape index (κ3) is 6.19. The van der Waals surface area contributed by atoms with E-state index in [1.807, 2.05) is 19.1 Å². The minimum absolute atomic E-state index is 0.120. The summed E-state index contributed by atoms with van der Waals surface area (Å²) in [6, 6.07) is 10.5. The molecule has 1 heterocycles. The van der Waals surface area contributed by atoms with Crippen molar-refractivity contribution in [3.8, 4) is 11.6 Å². The van der Waals surface area contributed by atoms with Gasteiger partial charge in [0.2, 0.25) is 5.88 Å². The molecule has 0 radical (unpaired) electrons. The second-order valence-corrected chi connectivity index (χ2v) is 6.05. The largest absolute Gasteiger partial charge is 0.466 e. The van der Waals surface area contributed by atoms with Crippen molar-refractivity contribution in [2.24, 2.45) is 0 Å². The molecule has 1 aromatic carbocycles. The standard InChI is InChI=1S/C18H19BrN2O4/c1-2-12-24-16(22)9-11-20-17(23)15-4-3-10-21-18(15)25-14-7-5-13(19)6-8-14/h3-8,10H,2,9,11-12H2,1H3,(H,20,23). The Kier molecular flexibility index (Phi) is 7.40. The minimum atomic E-state index is -0.358. The molecular weight excluding hydrogens is 388 g/mol. The highest BCUT2D eigenvalue weighted by Crippen LogP contribution is 2.24. The zero-order valence-corrected chi connectivity index (χ0v) is 15.4. The Morgan fingerprint density at radius 1 is 1.20 bits per heavy atom. The number of esters is 1. The van der Waals surface area contributed by atoms with E-state index in [2.05, 4.69) is 26.2 Å². The van der Waals surface area contributed by atoms with Crippen molar-refractivity contribution >= 4 is 27.8 Å². The van der Waals surface area contributed by atoms with Gasteiger partial charge in [0.05, 0.1) is 13.0 Å². The van der Waals surface area contributed by atoms with Crippen LogP contribution in [0, 0.1) is 0 Å². The van der Waals surface area contributed by atoms with E-state index in [4.69, 9.17) is 9.47 Å². The zero-order valence-electron chi connectivity index (χ0n) is 13.8. The monoisotopic (exact) mass is 406 g/mol. The molecule has 0 aliphatic carbocycles. The van der Waals surface area contributed by atoms with Crippen LogP contribution in [0.5, 0.6) is 11.6 Å². The fourth-order valence-electron chi connectivity index (χ4n) is 1.92. The summed E-state index contributed by atoms with van der Waals surface area (Å²) in [6.45, 7) is 2.50. The minimum Gasteiger partial charge on any atom is -0.466 e. The average molecular weight is 407 g/mol. The van der Waals surface area contributed by atoms with Crippen LogP contribution in [0.2, 0.25) is 0 Å². The first kappa shape index (κ1) is 18.9. The van der Waals surface area contributed by atoms with E-state index in [1.165, 1.54) is 0 Å². The van der Waals surface area contributed by atoms with Crippen LogP contribution < -0.4 is 10.1 Å². The molecule has 0 unspecified atom stereocenters. The number of hydrogen-bond donors (Lipinski definition) is 1. The molecule has 2 aromatic rings. The molecule has 2 rings (SSSR count). The number of rotatable bonds is 8. The van der Waals surface area contributed by atoms with Gasteiger partial charge in [-0.3, -0.25) is 9.59 Å². The van der Waals surface area contributed by atoms with Gasteiger partial charge in [0.25, 0.3) is 5.91 Å². The number of nitrogens with one attached hydrogen (secondary N) is 1. The number of aromatic nitrogens is 1. The number of carbonyl (C=O) groups is 2. The predicted octanol–water partition coefficient (Wildman–Crippen LogP) is 3.71. The molecule has 7 heteroatoms. The van der Waals surface area contributed by atoms with E-state index in [1.54, 1.807) is 30.5 Å². The molecule has 1 N–H and O–H groups in total. The Hall–Kier alpha value is -2.41. The van der Waals surface area contributed by atoms with Gasteiger partial charge in [0, 0.05) is 17.2 Å². The van der Waals surface area contributed by atoms with E-state index in [9.17, 15) is 9.59 Å². The Morgan fingerprint density at radius 3 is 2.68 bits per heavy atom. The third-order valence-corrected chi connectivity index (χ3v) is 3.65. The summed E-state index contributed by atoms with van der Waals surface area (Å²) in [5, 5.41) is 2.67. The molecule has 0 aliphatic heterocycles. The highest BCUT2D eigenvalue weighted by atomic mass is 79.9. The van der Waals surface area contributed by atoms with Crippen molar-refractivity contribution in [2.75, 3.05) is 13.2 Å². The summed E-state index contributed by atoms with van der Waals surface area (Å²) in [5.74, 6) is 0.0816. The molecule has 1 aromatic heterocycles. The number of nitrogens with zero attached hydrogens (tertiary/aromatic N) is 1. The van der Waals surface area contributed by atoms with Gasteiger partial charge >= 0.3 is 5.97 Å². The molecule has 0 saturated heterocycles. The number of amides is 1. The van der Waals surface area contributed by atoms with Gasteiger partial charge in [-0.15, -0.1) is 0 Å². The summed E-state index contributed by atoms with van der Waals surface area (Å²) in [6.07, 6.45) is 2.44. The second-order valence-electron chi connectivity index (χ2n) is 5.14. The van der Waals surface area contributed by atoms with E-state index in [0.717, 1.165) is 10.9 Å². The smallest absolute Gasteiger partial charge is 0.307 e. The van der Waals surface area contributed by atoms with Crippen LogP contribution in [-0.4, -0.2) is 30.0 Å². The van der Waals surface area contributed by atoms with Gasteiger partial charge in [-0.05, 0) is 42.8 Å². The van der Waals surface area contributed by atoms with Gasteiger partial charge < -0.3 is 14.8 Å². The van der Waals surface area contributed by atoms with Crippen LogP contribution in [-0.2, 0) is 9.53 Å². The molecule has 0 fully saturated rings. The Bertz CT molecular complexity index is 719. The highest BCUT2D eigenvalue weighted by molar-refractivity contribution is 9.10. The summed E-state index contributed by atoms with van der Waals surface area (Å²) in [4.78, 5) is 27.9. The van der Waals surface area contributed by atoms with Crippen molar-refractivity contribution < 1.29 is 19.1 Å². The normalized spacial score (nSPS) is 10.2. The Balaban J connectivity index is 1.95. The highest BCUT2D eigenvalue weighted by Gasteiger charge is 2.14.